The number of phenols is 2. The maximum atomic E-state index is 9.73. The smallest absolute Gasteiger partial charge is 0.152 e. The first-order chi connectivity index (χ1) is 12.3. The van der Waals surface area contributed by atoms with Crippen LogP contribution in [0.4, 0.5) is 0 Å². The molecule has 8 heteroatoms. The van der Waals surface area contributed by atoms with Crippen molar-refractivity contribution in [3.8, 4) is 34.0 Å². The van der Waals surface area contributed by atoms with Gasteiger partial charge in [-0.15, -0.1) is 0 Å². The zero-order chi connectivity index (χ0) is 19.0. The Morgan fingerprint density at radius 2 is 1.27 bits per heavy atom. The summed E-state index contributed by atoms with van der Waals surface area (Å²) in [6.45, 7) is 1.94. The first kappa shape index (κ1) is 19.1. The average molecular weight is 430 g/mol. The van der Waals surface area contributed by atoms with E-state index < -0.39 is 0 Å². The van der Waals surface area contributed by atoms with E-state index in [-0.39, 0.29) is 31.6 Å². The molecule has 1 heterocycles. The Balaban J connectivity index is 2.12. The molecule has 0 amide bonds. The topological polar surface area (TPSA) is 66.2 Å². The minimum Gasteiger partial charge on any atom is -0.505 e. The number of hydrogen-bond donors (Lipinski definition) is 2. The predicted molar refractivity (Wildman–Crippen MR) is 106 cm³/mol. The molecule has 0 radical (unpaired) electrons. The number of benzene rings is 2. The Morgan fingerprint density at radius 1 is 0.808 bits per heavy atom. The van der Waals surface area contributed by atoms with Crippen LogP contribution in [0.25, 0.3) is 22.5 Å². The van der Waals surface area contributed by atoms with Crippen LogP contribution in [-0.2, 0) is 6.42 Å². The zero-order valence-corrected chi connectivity index (χ0v) is 16.4. The second-order valence-corrected chi connectivity index (χ2v) is 7.11. The van der Waals surface area contributed by atoms with Crippen LogP contribution in [0.5, 0.6) is 11.5 Å². The molecule has 0 aliphatic rings. The van der Waals surface area contributed by atoms with Gasteiger partial charge in [0.15, 0.2) is 11.5 Å². The van der Waals surface area contributed by atoms with Gasteiger partial charge in [-0.05, 0) is 30.7 Å². The molecule has 0 aliphatic carbocycles. The number of hydrogen-bond acceptors (Lipinski definition) is 4. The van der Waals surface area contributed by atoms with Crippen molar-refractivity contribution in [2.45, 2.75) is 13.3 Å². The van der Waals surface area contributed by atoms with Gasteiger partial charge in [-0.2, -0.15) is 0 Å². The highest BCUT2D eigenvalue weighted by molar-refractivity contribution is 6.38. The molecule has 134 valence electrons. The van der Waals surface area contributed by atoms with E-state index in [1.165, 1.54) is 0 Å². The van der Waals surface area contributed by atoms with E-state index in [0.717, 1.165) is 0 Å². The Hall–Kier alpha value is -1.72. The summed E-state index contributed by atoms with van der Waals surface area (Å²) in [5, 5.41) is 20.0. The fourth-order valence-electron chi connectivity index (χ4n) is 2.47. The third kappa shape index (κ3) is 3.55. The molecule has 0 saturated heterocycles. The molecule has 4 nitrogen and oxygen atoms in total. The second-order valence-electron chi connectivity index (χ2n) is 5.48. The summed E-state index contributed by atoms with van der Waals surface area (Å²) in [7, 11) is 0. The molecule has 0 spiro atoms. The Kier molecular flexibility index (Phi) is 5.49. The largest absolute Gasteiger partial charge is 0.505 e. The second kappa shape index (κ2) is 7.49. The molecule has 0 atom stereocenters. The van der Waals surface area contributed by atoms with E-state index in [1.54, 1.807) is 30.5 Å². The molecule has 0 unspecified atom stereocenters. The van der Waals surface area contributed by atoms with E-state index in [0.29, 0.717) is 34.6 Å². The lowest BCUT2D eigenvalue weighted by atomic mass is 10.1. The van der Waals surface area contributed by atoms with Gasteiger partial charge < -0.3 is 10.2 Å². The summed E-state index contributed by atoms with van der Waals surface area (Å²) < 4.78 is 0. The summed E-state index contributed by atoms with van der Waals surface area (Å²) in [6.07, 6.45) is 2.17. The highest BCUT2D eigenvalue weighted by Gasteiger charge is 2.15. The lowest BCUT2D eigenvalue weighted by Crippen LogP contribution is -1.98. The number of rotatable bonds is 3. The minimum atomic E-state index is -0.175. The summed E-state index contributed by atoms with van der Waals surface area (Å²) >= 11 is 24.0. The Morgan fingerprint density at radius 3 is 1.73 bits per heavy atom. The van der Waals surface area contributed by atoms with Crippen molar-refractivity contribution in [1.29, 1.82) is 0 Å². The number of aryl methyl sites for hydroxylation is 1. The van der Waals surface area contributed by atoms with Crippen LogP contribution in [0.15, 0.2) is 30.5 Å². The van der Waals surface area contributed by atoms with Crippen LogP contribution in [0.3, 0.4) is 0 Å². The fourth-order valence-corrected chi connectivity index (χ4v) is 3.44. The predicted octanol–water partition coefficient (Wildman–Crippen LogP) is 6.40. The molecule has 2 N–H and O–H groups in total. The molecule has 0 saturated carbocycles. The van der Waals surface area contributed by atoms with Gasteiger partial charge in [0.2, 0.25) is 0 Å². The highest BCUT2D eigenvalue weighted by Crippen LogP contribution is 2.38. The van der Waals surface area contributed by atoms with Crippen molar-refractivity contribution in [2.24, 2.45) is 0 Å². The quantitative estimate of drug-likeness (QED) is 0.505. The maximum Gasteiger partial charge on any atom is 0.152 e. The van der Waals surface area contributed by atoms with Crippen molar-refractivity contribution >= 4 is 46.4 Å². The van der Waals surface area contributed by atoms with Gasteiger partial charge >= 0.3 is 0 Å². The number of phenolic OH excluding ortho intramolecular Hbond substituents is 2. The van der Waals surface area contributed by atoms with Crippen molar-refractivity contribution in [2.75, 3.05) is 0 Å². The van der Waals surface area contributed by atoms with Crippen molar-refractivity contribution in [3.05, 3.63) is 56.2 Å². The monoisotopic (exact) mass is 428 g/mol. The normalized spacial score (nSPS) is 11.0. The third-order valence-corrected chi connectivity index (χ3v) is 4.94. The number of aromatic hydroxyl groups is 2. The van der Waals surface area contributed by atoms with Crippen LogP contribution in [0.2, 0.25) is 20.1 Å². The van der Waals surface area contributed by atoms with Gasteiger partial charge in [0.25, 0.3) is 0 Å². The van der Waals surface area contributed by atoms with E-state index in [1.807, 2.05) is 6.92 Å². The number of nitrogens with zero attached hydrogens (tertiary/aromatic N) is 2. The summed E-state index contributed by atoms with van der Waals surface area (Å²) in [6, 6.07) is 6.31. The number of halogens is 4. The van der Waals surface area contributed by atoms with Crippen LogP contribution in [0, 0.1) is 0 Å². The van der Waals surface area contributed by atoms with Crippen LogP contribution >= 0.6 is 46.4 Å². The van der Waals surface area contributed by atoms with Crippen molar-refractivity contribution < 1.29 is 10.2 Å². The Bertz CT molecular complexity index is 962. The highest BCUT2D eigenvalue weighted by atomic mass is 35.5. The van der Waals surface area contributed by atoms with Gasteiger partial charge in [0.05, 0.1) is 43.4 Å². The van der Waals surface area contributed by atoms with E-state index in [2.05, 4.69) is 9.97 Å². The number of aromatic nitrogens is 2. The Labute approximate surface area is 170 Å². The lowest BCUT2D eigenvalue weighted by molar-refractivity contribution is 0.475. The SMILES string of the molecule is CCc1nc(-c2cc(Cl)c(O)c(Cl)c2)cnc1-c1cc(Cl)c(O)c(Cl)c1. The molecule has 0 bridgehead atoms. The summed E-state index contributed by atoms with van der Waals surface area (Å²) in [5.41, 5.74) is 3.16. The van der Waals surface area contributed by atoms with Crippen LogP contribution in [-0.4, -0.2) is 20.2 Å². The van der Waals surface area contributed by atoms with Gasteiger partial charge in [-0.25, -0.2) is 4.98 Å². The first-order valence-electron chi connectivity index (χ1n) is 7.54. The van der Waals surface area contributed by atoms with Crippen LogP contribution in [0.1, 0.15) is 12.6 Å². The van der Waals surface area contributed by atoms with E-state index in [4.69, 9.17) is 46.4 Å². The third-order valence-electron chi connectivity index (χ3n) is 3.78. The van der Waals surface area contributed by atoms with Gasteiger partial charge in [-0.1, -0.05) is 53.3 Å². The minimum absolute atomic E-state index is 0.133. The summed E-state index contributed by atoms with van der Waals surface area (Å²) in [5.74, 6) is -0.348. The van der Waals surface area contributed by atoms with Crippen molar-refractivity contribution in [3.63, 3.8) is 0 Å². The fraction of sp³-hybridized carbons (Fsp3) is 0.111. The molecule has 26 heavy (non-hydrogen) atoms. The molecular formula is C18H12Cl4N2O2. The molecular weight excluding hydrogens is 418 g/mol. The van der Waals surface area contributed by atoms with Gasteiger partial charge in [0.1, 0.15) is 0 Å². The van der Waals surface area contributed by atoms with Gasteiger partial charge in [-0.3, -0.25) is 4.98 Å². The average Bonchev–Trinajstić information content (AvgIpc) is 2.62. The molecule has 0 fully saturated rings. The van der Waals surface area contributed by atoms with E-state index >= 15 is 0 Å². The lowest BCUT2D eigenvalue weighted by Gasteiger charge is -2.11. The standard InChI is InChI=1S/C18H12Cl4N2O2/c1-2-14-16(9-5-12(21)18(26)13(22)6-9)23-7-15(24-14)8-3-10(19)17(25)11(20)4-8/h3-7,25-26H,2H2,1H3. The molecule has 0 aliphatic heterocycles. The molecule has 3 aromatic rings. The zero-order valence-electron chi connectivity index (χ0n) is 13.4. The van der Waals surface area contributed by atoms with Crippen molar-refractivity contribution in [1.82, 2.24) is 9.97 Å². The van der Waals surface area contributed by atoms with Gasteiger partial charge in [0, 0.05) is 11.1 Å². The summed E-state index contributed by atoms with van der Waals surface area (Å²) in [4.78, 5) is 9.10. The van der Waals surface area contributed by atoms with E-state index in [9.17, 15) is 10.2 Å². The molecule has 1 aromatic heterocycles. The van der Waals surface area contributed by atoms with Crippen LogP contribution < -0.4 is 0 Å². The maximum absolute atomic E-state index is 9.73. The first-order valence-corrected chi connectivity index (χ1v) is 9.05. The molecule has 3 rings (SSSR count). The molecule has 2 aromatic carbocycles.